The van der Waals surface area contributed by atoms with Crippen LogP contribution in [-0.2, 0) is 9.53 Å². The van der Waals surface area contributed by atoms with Crippen LogP contribution in [0.3, 0.4) is 0 Å². The van der Waals surface area contributed by atoms with E-state index in [4.69, 9.17) is 0 Å². The summed E-state index contributed by atoms with van der Waals surface area (Å²) in [7, 11) is 0. The Bertz CT molecular complexity index is 230. The molecule has 0 aromatic rings. The van der Waals surface area contributed by atoms with Crippen molar-refractivity contribution in [1.29, 1.82) is 0 Å². The number of hydrogen-bond donors (Lipinski definition) is 2. The molecular formula is C9H15F2NO4. The average Bonchev–Trinajstić information content (AvgIpc) is 2.54. The molecule has 2 unspecified atom stereocenters. The first-order valence-corrected chi connectivity index (χ1v) is 5.00. The first-order chi connectivity index (χ1) is 7.50. The van der Waals surface area contributed by atoms with Crippen LogP contribution in [0.2, 0.25) is 0 Å². The Hall–Kier alpha value is -0.790. The van der Waals surface area contributed by atoms with Crippen molar-refractivity contribution < 1.29 is 28.5 Å². The van der Waals surface area contributed by atoms with Gasteiger partial charge in [-0.2, -0.15) is 0 Å². The van der Waals surface area contributed by atoms with E-state index in [1.54, 1.807) is 0 Å². The van der Waals surface area contributed by atoms with Gasteiger partial charge in [0.15, 0.2) is 0 Å². The highest BCUT2D eigenvalue weighted by Crippen LogP contribution is 2.11. The first-order valence-electron chi connectivity index (χ1n) is 5.00. The maximum atomic E-state index is 11.7. The summed E-state index contributed by atoms with van der Waals surface area (Å²) in [4.78, 5) is 12.7. The molecule has 1 fully saturated rings. The SMILES string of the molecule is O=C(CCOCC(F)F)N1CC(O)C(O)C1. The van der Waals surface area contributed by atoms with Crippen LogP contribution in [0.25, 0.3) is 0 Å². The van der Waals surface area contributed by atoms with Crippen LogP contribution in [0.1, 0.15) is 6.42 Å². The molecule has 0 radical (unpaired) electrons. The first kappa shape index (κ1) is 13.3. The fourth-order valence-electron chi connectivity index (χ4n) is 1.46. The molecule has 0 aromatic heterocycles. The number of β-amino-alcohol motifs (C(OH)–C–C–N with tert-alkyl or cyclic N) is 2. The number of carbonyl (C=O) groups is 1. The molecule has 0 spiro atoms. The maximum Gasteiger partial charge on any atom is 0.261 e. The van der Waals surface area contributed by atoms with Gasteiger partial charge in [0.2, 0.25) is 5.91 Å². The standard InChI is InChI=1S/C9H15F2NO4/c10-8(11)5-16-2-1-9(15)12-3-6(13)7(14)4-12/h6-8,13-14H,1-5H2. The van der Waals surface area contributed by atoms with Gasteiger partial charge >= 0.3 is 0 Å². The summed E-state index contributed by atoms with van der Waals surface area (Å²) in [5.74, 6) is -0.315. The smallest absolute Gasteiger partial charge is 0.261 e. The maximum absolute atomic E-state index is 11.7. The molecular weight excluding hydrogens is 224 g/mol. The normalized spacial score (nSPS) is 25.4. The minimum Gasteiger partial charge on any atom is -0.388 e. The van der Waals surface area contributed by atoms with E-state index >= 15 is 0 Å². The lowest BCUT2D eigenvalue weighted by atomic mass is 10.3. The molecule has 1 saturated heterocycles. The van der Waals surface area contributed by atoms with Gasteiger partial charge in [-0.1, -0.05) is 0 Å². The third kappa shape index (κ3) is 3.99. The van der Waals surface area contributed by atoms with Gasteiger partial charge in [0.05, 0.1) is 25.2 Å². The quantitative estimate of drug-likeness (QED) is 0.618. The van der Waals surface area contributed by atoms with Crippen molar-refractivity contribution in [2.75, 3.05) is 26.3 Å². The monoisotopic (exact) mass is 239 g/mol. The number of carbonyl (C=O) groups excluding carboxylic acids is 1. The van der Waals surface area contributed by atoms with Crippen molar-refractivity contribution in [2.45, 2.75) is 25.1 Å². The van der Waals surface area contributed by atoms with Gasteiger partial charge in [-0.3, -0.25) is 4.79 Å². The summed E-state index contributed by atoms with van der Waals surface area (Å²) in [5, 5.41) is 18.4. The van der Waals surface area contributed by atoms with Crippen molar-refractivity contribution in [3.05, 3.63) is 0 Å². The highest BCUT2D eigenvalue weighted by molar-refractivity contribution is 5.76. The molecule has 0 bridgehead atoms. The average molecular weight is 239 g/mol. The number of aliphatic hydroxyl groups is 2. The molecule has 2 N–H and O–H groups in total. The van der Waals surface area contributed by atoms with Gasteiger partial charge in [-0.15, -0.1) is 0 Å². The number of likely N-dealkylation sites (tertiary alicyclic amines) is 1. The van der Waals surface area contributed by atoms with E-state index in [1.807, 2.05) is 0 Å². The van der Waals surface area contributed by atoms with Crippen LogP contribution in [0.4, 0.5) is 8.78 Å². The van der Waals surface area contributed by atoms with Crippen LogP contribution in [0.5, 0.6) is 0 Å². The van der Waals surface area contributed by atoms with Crippen molar-refractivity contribution in [1.82, 2.24) is 4.90 Å². The van der Waals surface area contributed by atoms with Crippen LogP contribution in [0, 0.1) is 0 Å². The molecule has 0 aliphatic carbocycles. The molecule has 7 heteroatoms. The van der Waals surface area contributed by atoms with E-state index in [9.17, 15) is 23.8 Å². The number of aliphatic hydroxyl groups excluding tert-OH is 2. The highest BCUT2D eigenvalue weighted by Gasteiger charge is 2.32. The topological polar surface area (TPSA) is 70.0 Å². The largest absolute Gasteiger partial charge is 0.388 e. The van der Waals surface area contributed by atoms with E-state index in [-0.39, 0.29) is 32.0 Å². The Labute approximate surface area is 91.6 Å². The third-order valence-corrected chi connectivity index (χ3v) is 2.32. The summed E-state index contributed by atoms with van der Waals surface area (Å²) in [6.45, 7) is -0.603. The van der Waals surface area contributed by atoms with Gasteiger partial charge in [0, 0.05) is 13.1 Å². The zero-order chi connectivity index (χ0) is 12.1. The van der Waals surface area contributed by atoms with Gasteiger partial charge in [-0.05, 0) is 0 Å². The zero-order valence-electron chi connectivity index (χ0n) is 8.68. The second-order valence-corrected chi connectivity index (χ2v) is 3.65. The zero-order valence-corrected chi connectivity index (χ0v) is 8.68. The molecule has 2 atom stereocenters. The van der Waals surface area contributed by atoms with E-state index < -0.39 is 25.2 Å². The number of alkyl halides is 2. The Morgan fingerprint density at radius 1 is 1.38 bits per heavy atom. The Morgan fingerprint density at radius 3 is 2.44 bits per heavy atom. The van der Waals surface area contributed by atoms with Gasteiger partial charge < -0.3 is 19.8 Å². The molecule has 0 aromatic carbocycles. The van der Waals surface area contributed by atoms with Crippen LogP contribution in [-0.4, -0.2) is 66.0 Å². The number of ether oxygens (including phenoxy) is 1. The van der Waals surface area contributed by atoms with Gasteiger partial charge in [0.25, 0.3) is 6.43 Å². The fourth-order valence-corrected chi connectivity index (χ4v) is 1.46. The van der Waals surface area contributed by atoms with Crippen molar-refractivity contribution in [2.24, 2.45) is 0 Å². The molecule has 1 rings (SSSR count). The number of nitrogens with zero attached hydrogens (tertiary/aromatic N) is 1. The Morgan fingerprint density at radius 2 is 1.94 bits per heavy atom. The summed E-state index contributed by atoms with van der Waals surface area (Å²) >= 11 is 0. The fraction of sp³-hybridized carbons (Fsp3) is 0.889. The van der Waals surface area contributed by atoms with E-state index in [0.29, 0.717) is 0 Å². The van der Waals surface area contributed by atoms with Crippen LogP contribution in [0.15, 0.2) is 0 Å². The minimum atomic E-state index is -2.54. The lowest BCUT2D eigenvalue weighted by Gasteiger charge is -2.15. The van der Waals surface area contributed by atoms with Crippen molar-refractivity contribution in [3.8, 4) is 0 Å². The third-order valence-electron chi connectivity index (χ3n) is 2.32. The Kier molecular flexibility index (Phi) is 5.04. The second kappa shape index (κ2) is 6.07. The van der Waals surface area contributed by atoms with E-state index in [0.717, 1.165) is 0 Å². The van der Waals surface area contributed by atoms with Gasteiger partial charge in [-0.25, -0.2) is 8.78 Å². The van der Waals surface area contributed by atoms with E-state index in [2.05, 4.69) is 4.74 Å². The van der Waals surface area contributed by atoms with Gasteiger partial charge in [0.1, 0.15) is 6.61 Å². The number of rotatable bonds is 5. The minimum absolute atomic E-state index is 0.0217. The molecule has 1 heterocycles. The molecule has 1 aliphatic heterocycles. The molecule has 16 heavy (non-hydrogen) atoms. The predicted octanol–water partition coefficient (Wildman–Crippen LogP) is -0.778. The molecule has 1 amide bonds. The summed E-state index contributed by atoms with van der Waals surface area (Å²) < 4.78 is 27.9. The van der Waals surface area contributed by atoms with Crippen molar-refractivity contribution in [3.63, 3.8) is 0 Å². The molecule has 0 saturated carbocycles. The van der Waals surface area contributed by atoms with Crippen molar-refractivity contribution >= 4 is 5.91 Å². The highest BCUT2D eigenvalue weighted by atomic mass is 19.3. The van der Waals surface area contributed by atoms with E-state index in [1.165, 1.54) is 4.90 Å². The molecule has 1 aliphatic rings. The number of amides is 1. The second-order valence-electron chi connectivity index (χ2n) is 3.65. The lowest BCUT2D eigenvalue weighted by Crippen LogP contribution is -2.30. The summed E-state index contributed by atoms with van der Waals surface area (Å²) in [6, 6.07) is 0. The van der Waals surface area contributed by atoms with Crippen LogP contribution < -0.4 is 0 Å². The molecule has 5 nitrogen and oxygen atoms in total. The summed E-state index contributed by atoms with van der Waals surface area (Å²) in [5.41, 5.74) is 0. The lowest BCUT2D eigenvalue weighted by molar-refractivity contribution is -0.132. The van der Waals surface area contributed by atoms with Crippen LogP contribution >= 0.6 is 0 Å². The number of hydrogen-bond acceptors (Lipinski definition) is 4. The number of halogens is 2. The Balaban J connectivity index is 2.16. The summed E-state index contributed by atoms with van der Waals surface area (Å²) in [6.07, 6.45) is -4.41. The molecule has 94 valence electrons. The predicted molar refractivity (Wildman–Crippen MR) is 50.0 cm³/mol.